The summed E-state index contributed by atoms with van der Waals surface area (Å²) in [5, 5.41) is 0. The van der Waals surface area contributed by atoms with Crippen LogP contribution < -0.4 is 0 Å². The van der Waals surface area contributed by atoms with E-state index in [2.05, 4.69) is 13.8 Å². The second-order valence-electron chi connectivity index (χ2n) is 3.47. The molecule has 1 atom stereocenters. The molecule has 3 nitrogen and oxygen atoms in total. The van der Waals surface area contributed by atoms with Gasteiger partial charge in [0, 0.05) is 6.61 Å². The molecule has 0 N–H and O–H groups in total. The topological polar surface area (TPSA) is 27.7 Å². The van der Waals surface area contributed by atoms with Crippen molar-refractivity contribution in [2.24, 2.45) is 5.92 Å². The van der Waals surface area contributed by atoms with Crippen LogP contribution in [0.2, 0.25) is 0 Å². The molecule has 1 aliphatic heterocycles. The summed E-state index contributed by atoms with van der Waals surface area (Å²) in [5.74, 6) is 0.623. The number of rotatable bonds is 4. The zero-order valence-electron chi connectivity index (χ0n) is 7.91. The van der Waals surface area contributed by atoms with E-state index in [1.807, 2.05) is 0 Å². The lowest BCUT2D eigenvalue weighted by molar-refractivity contribution is -0.325. The van der Waals surface area contributed by atoms with Crippen LogP contribution >= 0.6 is 0 Å². The van der Waals surface area contributed by atoms with Crippen LogP contribution in [0.5, 0.6) is 0 Å². The highest BCUT2D eigenvalue weighted by molar-refractivity contribution is 4.59. The quantitative estimate of drug-likeness (QED) is 0.608. The molecule has 1 rings (SSSR count). The first-order valence-electron chi connectivity index (χ1n) is 4.65. The van der Waals surface area contributed by atoms with Gasteiger partial charge in [0.1, 0.15) is 0 Å². The van der Waals surface area contributed by atoms with Crippen molar-refractivity contribution < 1.29 is 14.5 Å². The van der Waals surface area contributed by atoms with Gasteiger partial charge in [-0.3, -0.25) is 0 Å². The Balaban J connectivity index is 1.98. The molecule has 0 aromatic rings. The van der Waals surface area contributed by atoms with Gasteiger partial charge in [0.05, 0.1) is 19.3 Å². The van der Waals surface area contributed by atoms with Gasteiger partial charge in [-0.25, -0.2) is 9.78 Å². The van der Waals surface area contributed by atoms with Gasteiger partial charge in [0.15, 0.2) is 0 Å². The second kappa shape index (κ2) is 5.51. The average molecular weight is 174 g/mol. The van der Waals surface area contributed by atoms with Gasteiger partial charge in [-0.2, -0.15) is 0 Å². The number of hydrogen-bond donors (Lipinski definition) is 0. The first-order valence-corrected chi connectivity index (χ1v) is 4.65. The Bertz CT molecular complexity index is 108. The maximum absolute atomic E-state index is 5.45. The third-order valence-electron chi connectivity index (χ3n) is 1.97. The summed E-state index contributed by atoms with van der Waals surface area (Å²) in [6, 6.07) is 0. The maximum Gasteiger partial charge on any atom is 0.0852 e. The first-order chi connectivity index (χ1) is 5.79. The molecule has 3 heteroatoms. The average Bonchev–Trinajstić information content (AvgIpc) is 2.05. The molecule has 1 heterocycles. The van der Waals surface area contributed by atoms with Crippen molar-refractivity contribution in [3.05, 3.63) is 0 Å². The highest BCUT2D eigenvalue weighted by Crippen LogP contribution is 2.14. The van der Waals surface area contributed by atoms with Gasteiger partial charge in [0.2, 0.25) is 0 Å². The van der Waals surface area contributed by atoms with Crippen molar-refractivity contribution in [1.29, 1.82) is 0 Å². The summed E-state index contributed by atoms with van der Waals surface area (Å²) < 4.78 is 5.45. The summed E-state index contributed by atoms with van der Waals surface area (Å²) >= 11 is 0. The summed E-state index contributed by atoms with van der Waals surface area (Å²) in [4.78, 5) is 9.67. The van der Waals surface area contributed by atoms with E-state index in [9.17, 15) is 0 Å². The van der Waals surface area contributed by atoms with E-state index < -0.39 is 0 Å². The Morgan fingerprint density at radius 1 is 1.42 bits per heavy atom. The van der Waals surface area contributed by atoms with Crippen LogP contribution in [-0.4, -0.2) is 25.9 Å². The summed E-state index contributed by atoms with van der Waals surface area (Å²) in [6.45, 7) is 6.40. The first kappa shape index (κ1) is 9.96. The molecule has 1 fully saturated rings. The molecule has 0 aromatic carbocycles. The van der Waals surface area contributed by atoms with E-state index in [1.165, 1.54) is 0 Å². The van der Waals surface area contributed by atoms with Gasteiger partial charge < -0.3 is 4.74 Å². The molecular formula is C9H18O3. The summed E-state index contributed by atoms with van der Waals surface area (Å²) in [5.41, 5.74) is 0. The predicted molar refractivity (Wildman–Crippen MR) is 45.7 cm³/mol. The molecule has 0 bridgehead atoms. The Hall–Kier alpha value is -0.120. The largest absolute Gasteiger partial charge is 0.379 e. The predicted octanol–water partition coefficient (Wildman–Crippen LogP) is 1.77. The Kier molecular flexibility index (Phi) is 4.58. The third-order valence-corrected chi connectivity index (χ3v) is 1.97. The lowest BCUT2D eigenvalue weighted by atomic mass is 10.0. The number of hydrogen-bond acceptors (Lipinski definition) is 3. The molecular weight excluding hydrogens is 156 g/mol. The maximum atomic E-state index is 5.45. The smallest absolute Gasteiger partial charge is 0.0852 e. The monoisotopic (exact) mass is 174 g/mol. The molecule has 12 heavy (non-hydrogen) atoms. The summed E-state index contributed by atoms with van der Waals surface area (Å²) in [6.07, 6.45) is 2.52. The molecule has 0 amide bonds. The molecule has 0 aliphatic carbocycles. The molecule has 72 valence electrons. The van der Waals surface area contributed by atoms with Crippen molar-refractivity contribution in [3.63, 3.8) is 0 Å². The van der Waals surface area contributed by atoms with Crippen LogP contribution in [0.1, 0.15) is 26.7 Å². The van der Waals surface area contributed by atoms with Crippen LogP contribution in [0.3, 0.4) is 0 Å². The van der Waals surface area contributed by atoms with Gasteiger partial charge in [-0.1, -0.05) is 0 Å². The zero-order chi connectivity index (χ0) is 8.81. The Morgan fingerprint density at radius 3 is 2.83 bits per heavy atom. The van der Waals surface area contributed by atoms with Gasteiger partial charge in [-0.05, 0) is 32.6 Å². The van der Waals surface area contributed by atoms with E-state index in [4.69, 9.17) is 14.5 Å². The molecule has 1 aliphatic rings. The molecule has 0 saturated carbocycles. The molecule has 1 unspecified atom stereocenters. The van der Waals surface area contributed by atoms with E-state index in [0.29, 0.717) is 12.0 Å². The van der Waals surface area contributed by atoms with E-state index in [-0.39, 0.29) is 0 Å². The van der Waals surface area contributed by atoms with Crippen LogP contribution in [0, 0.1) is 5.92 Å². The van der Waals surface area contributed by atoms with Crippen LogP contribution in [0.4, 0.5) is 0 Å². The fraction of sp³-hybridized carbons (Fsp3) is 1.00. The second-order valence-corrected chi connectivity index (χ2v) is 3.47. The van der Waals surface area contributed by atoms with Crippen LogP contribution in [0.25, 0.3) is 0 Å². The highest BCUT2D eigenvalue weighted by atomic mass is 17.2. The Labute approximate surface area is 73.9 Å². The van der Waals surface area contributed by atoms with Gasteiger partial charge >= 0.3 is 0 Å². The lowest BCUT2D eigenvalue weighted by Crippen LogP contribution is -2.21. The molecule has 0 aromatic heterocycles. The summed E-state index contributed by atoms with van der Waals surface area (Å²) in [7, 11) is 0. The zero-order valence-corrected chi connectivity index (χ0v) is 7.91. The van der Waals surface area contributed by atoms with Gasteiger partial charge in [-0.15, -0.1) is 0 Å². The fourth-order valence-electron chi connectivity index (χ4n) is 1.20. The standard InChI is InChI=1S/C9H18O3/c1-8(2)10-5-3-9-4-6-11-12-7-9/h8-9H,3-7H2,1-2H3. The minimum Gasteiger partial charge on any atom is -0.379 e. The van der Waals surface area contributed by atoms with Crippen LogP contribution in [0.15, 0.2) is 0 Å². The highest BCUT2D eigenvalue weighted by Gasteiger charge is 2.14. The van der Waals surface area contributed by atoms with E-state index in [1.54, 1.807) is 0 Å². The van der Waals surface area contributed by atoms with Crippen molar-refractivity contribution >= 4 is 0 Å². The normalized spacial score (nSPS) is 24.8. The van der Waals surface area contributed by atoms with Crippen molar-refractivity contribution in [2.75, 3.05) is 19.8 Å². The van der Waals surface area contributed by atoms with Crippen LogP contribution in [-0.2, 0) is 14.5 Å². The minimum absolute atomic E-state index is 0.339. The molecule has 1 saturated heterocycles. The van der Waals surface area contributed by atoms with Crippen molar-refractivity contribution in [3.8, 4) is 0 Å². The fourth-order valence-corrected chi connectivity index (χ4v) is 1.20. The molecule has 0 spiro atoms. The van der Waals surface area contributed by atoms with Crippen molar-refractivity contribution in [1.82, 2.24) is 0 Å². The minimum atomic E-state index is 0.339. The lowest BCUT2D eigenvalue weighted by Gasteiger charge is -2.21. The third kappa shape index (κ3) is 4.04. The van der Waals surface area contributed by atoms with E-state index in [0.717, 1.165) is 32.7 Å². The molecule has 0 radical (unpaired) electrons. The Morgan fingerprint density at radius 2 is 2.25 bits per heavy atom. The SMILES string of the molecule is CC(C)OCCC1CCOOC1. The number of ether oxygens (including phenoxy) is 1. The van der Waals surface area contributed by atoms with Crippen molar-refractivity contribution in [2.45, 2.75) is 32.8 Å². The van der Waals surface area contributed by atoms with Gasteiger partial charge in [0.25, 0.3) is 0 Å². The van der Waals surface area contributed by atoms with E-state index >= 15 is 0 Å².